The van der Waals surface area contributed by atoms with Gasteiger partial charge in [-0.1, -0.05) is 0 Å². The molecule has 1 aliphatic heterocycles. The summed E-state index contributed by atoms with van der Waals surface area (Å²) >= 11 is 2.01. The second-order valence-corrected chi connectivity index (χ2v) is 4.03. The lowest BCUT2D eigenvalue weighted by molar-refractivity contribution is 0.428. The van der Waals surface area contributed by atoms with Gasteiger partial charge in [-0.25, -0.2) is 0 Å². The fourth-order valence-electron chi connectivity index (χ4n) is 1.30. The van der Waals surface area contributed by atoms with Crippen LogP contribution in [0.4, 0.5) is 0 Å². The topological polar surface area (TPSA) is 52.0 Å². The molecule has 0 radical (unpaired) electrons. The molecule has 0 aromatic rings. The van der Waals surface area contributed by atoms with Gasteiger partial charge in [-0.2, -0.15) is 11.8 Å². The van der Waals surface area contributed by atoms with Gasteiger partial charge in [0, 0.05) is 12.6 Å². The molecule has 0 saturated carbocycles. The highest BCUT2D eigenvalue weighted by Gasteiger charge is 2.18. The van der Waals surface area contributed by atoms with E-state index in [-0.39, 0.29) is 6.04 Å². The number of rotatable bonds is 2. The van der Waals surface area contributed by atoms with E-state index in [1.54, 1.807) is 0 Å². The van der Waals surface area contributed by atoms with Crippen molar-refractivity contribution in [3.05, 3.63) is 0 Å². The van der Waals surface area contributed by atoms with Crippen molar-refractivity contribution in [2.75, 3.05) is 18.1 Å². The van der Waals surface area contributed by atoms with E-state index < -0.39 is 0 Å². The lowest BCUT2D eigenvalue weighted by Gasteiger charge is -2.25. The number of hydrogen-bond donors (Lipinski definition) is 2. The van der Waals surface area contributed by atoms with E-state index in [4.69, 9.17) is 11.5 Å². The number of thioether (sulfide) groups is 1. The monoisotopic (exact) mass is 160 g/mol. The first-order valence-corrected chi connectivity index (χ1v) is 5.03. The quantitative estimate of drug-likeness (QED) is 0.615. The van der Waals surface area contributed by atoms with Crippen molar-refractivity contribution in [2.45, 2.75) is 18.9 Å². The zero-order chi connectivity index (χ0) is 7.40. The Morgan fingerprint density at radius 2 is 2.40 bits per heavy atom. The molecule has 0 amide bonds. The maximum Gasteiger partial charge on any atom is 0.0199 e. The summed E-state index contributed by atoms with van der Waals surface area (Å²) in [6.45, 7) is 0.644. The molecular formula is C7H16N2S. The van der Waals surface area contributed by atoms with E-state index in [2.05, 4.69) is 0 Å². The van der Waals surface area contributed by atoms with E-state index in [0.29, 0.717) is 12.5 Å². The Labute approximate surface area is 66.7 Å². The fraction of sp³-hybridized carbons (Fsp3) is 1.00. The molecule has 1 heterocycles. The summed E-state index contributed by atoms with van der Waals surface area (Å²) in [4.78, 5) is 0. The van der Waals surface area contributed by atoms with Gasteiger partial charge in [-0.05, 0) is 30.3 Å². The first kappa shape index (κ1) is 8.37. The van der Waals surface area contributed by atoms with Gasteiger partial charge in [0.05, 0.1) is 0 Å². The van der Waals surface area contributed by atoms with Crippen LogP contribution in [0, 0.1) is 5.92 Å². The van der Waals surface area contributed by atoms with Gasteiger partial charge in [0.2, 0.25) is 0 Å². The highest BCUT2D eigenvalue weighted by molar-refractivity contribution is 7.99. The van der Waals surface area contributed by atoms with Crippen LogP contribution in [0.5, 0.6) is 0 Å². The number of nitrogens with two attached hydrogens (primary N) is 2. The molecular weight excluding hydrogens is 144 g/mol. The van der Waals surface area contributed by atoms with Gasteiger partial charge in [0.15, 0.2) is 0 Å². The summed E-state index contributed by atoms with van der Waals surface area (Å²) in [6.07, 6.45) is 2.61. The largest absolute Gasteiger partial charge is 0.329 e. The van der Waals surface area contributed by atoms with Crippen LogP contribution in [-0.4, -0.2) is 24.1 Å². The van der Waals surface area contributed by atoms with Crippen LogP contribution in [0.25, 0.3) is 0 Å². The zero-order valence-electron chi connectivity index (χ0n) is 6.25. The van der Waals surface area contributed by atoms with Crippen molar-refractivity contribution < 1.29 is 0 Å². The van der Waals surface area contributed by atoms with Gasteiger partial charge >= 0.3 is 0 Å². The van der Waals surface area contributed by atoms with Crippen molar-refractivity contribution in [3.8, 4) is 0 Å². The van der Waals surface area contributed by atoms with Crippen molar-refractivity contribution in [1.82, 2.24) is 0 Å². The Morgan fingerprint density at radius 3 is 2.90 bits per heavy atom. The lowest BCUT2D eigenvalue weighted by Crippen LogP contribution is -2.39. The van der Waals surface area contributed by atoms with Crippen LogP contribution in [0.15, 0.2) is 0 Å². The van der Waals surface area contributed by atoms with Gasteiger partial charge in [0.1, 0.15) is 0 Å². The third kappa shape index (κ3) is 2.15. The van der Waals surface area contributed by atoms with Crippen molar-refractivity contribution in [1.29, 1.82) is 0 Å². The molecule has 0 spiro atoms. The minimum absolute atomic E-state index is 0.243. The molecule has 3 heteroatoms. The van der Waals surface area contributed by atoms with Crippen LogP contribution in [0.1, 0.15) is 12.8 Å². The molecule has 0 bridgehead atoms. The van der Waals surface area contributed by atoms with E-state index in [1.807, 2.05) is 11.8 Å². The molecule has 1 rings (SSSR count). The van der Waals surface area contributed by atoms with Crippen LogP contribution < -0.4 is 11.5 Å². The van der Waals surface area contributed by atoms with Gasteiger partial charge in [-0.3, -0.25) is 0 Å². The van der Waals surface area contributed by atoms with Gasteiger partial charge in [0.25, 0.3) is 0 Å². The molecule has 60 valence electrons. The molecule has 2 nitrogen and oxygen atoms in total. The number of hydrogen-bond acceptors (Lipinski definition) is 3. The summed E-state index contributed by atoms with van der Waals surface area (Å²) in [6, 6.07) is 0.243. The third-order valence-electron chi connectivity index (χ3n) is 2.07. The summed E-state index contributed by atoms with van der Waals surface area (Å²) in [5, 5.41) is 0. The minimum atomic E-state index is 0.243. The highest BCUT2D eigenvalue weighted by atomic mass is 32.2. The van der Waals surface area contributed by atoms with Crippen LogP contribution in [0.2, 0.25) is 0 Å². The standard InChI is InChI=1S/C7H16N2S/c8-4-7(9)6-2-1-3-10-5-6/h6-7H,1-5,8-9H2. The van der Waals surface area contributed by atoms with E-state index in [9.17, 15) is 0 Å². The average Bonchev–Trinajstić information content (AvgIpc) is 2.05. The Morgan fingerprint density at radius 1 is 1.60 bits per heavy atom. The summed E-state index contributed by atoms with van der Waals surface area (Å²) < 4.78 is 0. The fourth-order valence-corrected chi connectivity index (χ4v) is 2.55. The molecule has 0 aliphatic carbocycles. The van der Waals surface area contributed by atoms with Crippen molar-refractivity contribution in [3.63, 3.8) is 0 Å². The second kappa shape index (κ2) is 4.21. The van der Waals surface area contributed by atoms with Crippen LogP contribution in [-0.2, 0) is 0 Å². The molecule has 1 fully saturated rings. The lowest BCUT2D eigenvalue weighted by atomic mass is 9.97. The SMILES string of the molecule is NCC(N)C1CCCSC1. The molecule has 2 unspecified atom stereocenters. The van der Waals surface area contributed by atoms with Crippen LogP contribution >= 0.6 is 11.8 Å². The average molecular weight is 160 g/mol. The van der Waals surface area contributed by atoms with Gasteiger partial charge in [-0.15, -0.1) is 0 Å². The second-order valence-electron chi connectivity index (χ2n) is 2.88. The molecule has 0 aromatic carbocycles. The normalized spacial score (nSPS) is 30.0. The van der Waals surface area contributed by atoms with Gasteiger partial charge < -0.3 is 11.5 Å². The predicted molar refractivity (Wildman–Crippen MR) is 47.1 cm³/mol. The Bertz CT molecular complexity index is 91.6. The minimum Gasteiger partial charge on any atom is -0.329 e. The maximum atomic E-state index is 5.81. The van der Waals surface area contributed by atoms with E-state index >= 15 is 0 Å². The Kier molecular flexibility index (Phi) is 3.52. The Balaban J connectivity index is 2.24. The van der Waals surface area contributed by atoms with Crippen molar-refractivity contribution >= 4 is 11.8 Å². The molecule has 10 heavy (non-hydrogen) atoms. The predicted octanol–water partition coefficient (Wildman–Crippen LogP) is 0.416. The summed E-state index contributed by atoms with van der Waals surface area (Å²) in [5.74, 6) is 3.22. The molecule has 2 atom stereocenters. The summed E-state index contributed by atoms with van der Waals surface area (Å²) in [7, 11) is 0. The smallest absolute Gasteiger partial charge is 0.0199 e. The highest BCUT2D eigenvalue weighted by Crippen LogP contribution is 2.23. The maximum absolute atomic E-state index is 5.81. The molecule has 4 N–H and O–H groups in total. The zero-order valence-corrected chi connectivity index (χ0v) is 7.07. The molecule has 1 saturated heterocycles. The van der Waals surface area contributed by atoms with Crippen molar-refractivity contribution in [2.24, 2.45) is 17.4 Å². The first-order chi connectivity index (χ1) is 4.84. The Hall–Kier alpha value is 0.270. The first-order valence-electron chi connectivity index (χ1n) is 3.88. The summed E-state index contributed by atoms with van der Waals surface area (Å²) in [5.41, 5.74) is 11.3. The molecule has 1 aliphatic rings. The van der Waals surface area contributed by atoms with E-state index in [1.165, 1.54) is 24.3 Å². The molecule has 0 aromatic heterocycles. The third-order valence-corrected chi connectivity index (χ3v) is 3.31. The van der Waals surface area contributed by atoms with Crippen LogP contribution in [0.3, 0.4) is 0 Å². The van der Waals surface area contributed by atoms with E-state index in [0.717, 1.165) is 0 Å².